The number of carbonyl (C=O) groups excluding carboxylic acids is 1. The van der Waals surface area contributed by atoms with E-state index in [9.17, 15) is 4.79 Å². The largest absolute Gasteiger partial charge is 0.359 e. The van der Waals surface area contributed by atoms with Crippen molar-refractivity contribution in [2.45, 2.75) is 32.6 Å². The second-order valence-corrected chi connectivity index (χ2v) is 2.87. The summed E-state index contributed by atoms with van der Waals surface area (Å²) in [6, 6.07) is 0. The Kier molecular flexibility index (Phi) is 8.31. The lowest BCUT2D eigenvalue weighted by atomic mass is 10.2. The Morgan fingerprint density at radius 1 is 1.31 bits per heavy atom. The number of carbonyl (C=O) groups is 1. The summed E-state index contributed by atoms with van der Waals surface area (Å²) in [6.07, 6.45) is 11.9. The van der Waals surface area contributed by atoms with Crippen molar-refractivity contribution >= 4 is 5.91 Å². The number of allylic oxidation sites excluding steroid dienone is 4. The van der Waals surface area contributed by atoms with Crippen molar-refractivity contribution < 1.29 is 4.79 Å². The van der Waals surface area contributed by atoms with E-state index >= 15 is 0 Å². The van der Waals surface area contributed by atoms with Crippen molar-refractivity contribution in [1.82, 2.24) is 5.32 Å². The van der Waals surface area contributed by atoms with Gasteiger partial charge in [0.05, 0.1) is 0 Å². The molecule has 0 saturated heterocycles. The topological polar surface area (TPSA) is 29.1 Å². The van der Waals surface area contributed by atoms with Gasteiger partial charge in [-0.1, -0.05) is 24.3 Å². The quantitative estimate of drug-likeness (QED) is 0.495. The van der Waals surface area contributed by atoms with Gasteiger partial charge in [-0.05, 0) is 26.2 Å². The molecule has 0 aliphatic carbocycles. The molecule has 0 heterocycles. The van der Waals surface area contributed by atoms with Crippen molar-refractivity contribution in [1.29, 1.82) is 0 Å². The molecule has 13 heavy (non-hydrogen) atoms. The lowest BCUT2D eigenvalue weighted by Crippen LogP contribution is -2.16. The van der Waals surface area contributed by atoms with Crippen LogP contribution >= 0.6 is 0 Å². The first kappa shape index (κ1) is 11.9. The molecule has 0 saturated carbocycles. The van der Waals surface area contributed by atoms with Gasteiger partial charge in [0.2, 0.25) is 5.91 Å². The van der Waals surface area contributed by atoms with Crippen LogP contribution < -0.4 is 5.32 Å². The average molecular weight is 181 g/mol. The van der Waals surface area contributed by atoms with E-state index in [2.05, 4.69) is 11.4 Å². The first-order chi connectivity index (χ1) is 6.31. The van der Waals surface area contributed by atoms with Crippen molar-refractivity contribution in [3.05, 3.63) is 24.3 Å². The summed E-state index contributed by atoms with van der Waals surface area (Å²) in [4.78, 5) is 10.8. The standard InChI is InChI=1S/C11H19NO/c1-3-4-5-6-7-8-9-10-11(13)12-2/h3-6H,7-10H2,1-2H3,(H,12,13). The fourth-order valence-electron chi connectivity index (χ4n) is 0.959. The molecule has 0 atom stereocenters. The van der Waals surface area contributed by atoms with E-state index in [0.717, 1.165) is 19.3 Å². The molecular formula is C11H19NO. The zero-order chi connectivity index (χ0) is 9.94. The van der Waals surface area contributed by atoms with Gasteiger partial charge < -0.3 is 5.32 Å². The number of amides is 1. The van der Waals surface area contributed by atoms with Crippen molar-refractivity contribution in [2.24, 2.45) is 0 Å². The predicted molar refractivity (Wildman–Crippen MR) is 56.5 cm³/mol. The molecule has 0 aliphatic heterocycles. The molecule has 1 amide bonds. The molecule has 1 N–H and O–H groups in total. The summed E-state index contributed by atoms with van der Waals surface area (Å²) in [6.45, 7) is 2.00. The van der Waals surface area contributed by atoms with E-state index in [-0.39, 0.29) is 5.91 Å². The third kappa shape index (κ3) is 8.86. The summed E-state index contributed by atoms with van der Waals surface area (Å²) in [5, 5.41) is 2.61. The molecule has 0 aliphatic rings. The van der Waals surface area contributed by atoms with Crippen LogP contribution in [0.15, 0.2) is 24.3 Å². The molecule has 0 aromatic heterocycles. The van der Waals surface area contributed by atoms with Crippen LogP contribution in [0.25, 0.3) is 0 Å². The van der Waals surface area contributed by atoms with Crippen molar-refractivity contribution in [3.63, 3.8) is 0 Å². The summed E-state index contributed by atoms with van der Waals surface area (Å²) >= 11 is 0. The molecule has 2 nitrogen and oxygen atoms in total. The molecule has 0 bridgehead atoms. The molecule has 2 heteroatoms. The number of nitrogens with one attached hydrogen (secondary N) is 1. The molecule has 0 aromatic carbocycles. The van der Waals surface area contributed by atoms with Crippen LogP contribution in [0.2, 0.25) is 0 Å². The van der Waals surface area contributed by atoms with Crippen molar-refractivity contribution in [3.8, 4) is 0 Å². The van der Waals surface area contributed by atoms with Crippen molar-refractivity contribution in [2.75, 3.05) is 7.05 Å². The average Bonchev–Trinajstić information content (AvgIpc) is 2.16. The summed E-state index contributed by atoms with van der Waals surface area (Å²) in [5.74, 6) is 0.137. The third-order valence-corrected chi connectivity index (χ3v) is 1.74. The second-order valence-electron chi connectivity index (χ2n) is 2.87. The lowest BCUT2D eigenvalue weighted by molar-refractivity contribution is -0.120. The van der Waals surface area contributed by atoms with Gasteiger partial charge in [0.15, 0.2) is 0 Å². The number of unbranched alkanes of at least 4 members (excludes halogenated alkanes) is 2. The van der Waals surface area contributed by atoms with Crippen LogP contribution in [0.5, 0.6) is 0 Å². The van der Waals surface area contributed by atoms with E-state index in [0.29, 0.717) is 6.42 Å². The normalized spacial score (nSPS) is 11.2. The second kappa shape index (κ2) is 9.04. The van der Waals surface area contributed by atoms with Crippen LogP contribution in [0, 0.1) is 0 Å². The maximum atomic E-state index is 10.8. The minimum atomic E-state index is 0.137. The van der Waals surface area contributed by atoms with Crippen LogP contribution in [0.1, 0.15) is 32.6 Å². The third-order valence-electron chi connectivity index (χ3n) is 1.74. The van der Waals surface area contributed by atoms with Gasteiger partial charge in [-0.25, -0.2) is 0 Å². The Hall–Kier alpha value is -1.05. The zero-order valence-corrected chi connectivity index (χ0v) is 8.55. The summed E-state index contributed by atoms with van der Waals surface area (Å²) < 4.78 is 0. The first-order valence-electron chi connectivity index (χ1n) is 4.79. The highest BCUT2D eigenvalue weighted by Crippen LogP contribution is 2.00. The predicted octanol–water partition coefficient (Wildman–Crippen LogP) is 2.43. The first-order valence-corrected chi connectivity index (χ1v) is 4.79. The Balaban J connectivity index is 3.21. The Bertz CT molecular complexity index is 183. The highest BCUT2D eigenvalue weighted by Gasteiger charge is 1.94. The fraction of sp³-hybridized carbons (Fsp3) is 0.545. The van der Waals surface area contributed by atoms with E-state index < -0.39 is 0 Å². The molecular weight excluding hydrogens is 162 g/mol. The molecule has 74 valence electrons. The molecule has 0 spiro atoms. The highest BCUT2D eigenvalue weighted by atomic mass is 16.1. The van der Waals surface area contributed by atoms with Gasteiger partial charge in [0, 0.05) is 13.5 Å². The number of rotatable bonds is 6. The van der Waals surface area contributed by atoms with Gasteiger partial charge in [0.25, 0.3) is 0 Å². The van der Waals surface area contributed by atoms with Crippen LogP contribution in [0.4, 0.5) is 0 Å². The number of hydrogen-bond acceptors (Lipinski definition) is 1. The molecule has 0 unspecified atom stereocenters. The van der Waals surface area contributed by atoms with Gasteiger partial charge in [-0.3, -0.25) is 4.79 Å². The van der Waals surface area contributed by atoms with Gasteiger partial charge in [-0.15, -0.1) is 0 Å². The van der Waals surface area contributed by atoms with E-state index in [1.807, 2.05) is 25.2 Å². The van der Waals surface area contributed by atoms with Crippen LogP contribution in [-0.2, 0) is 4.79 Å². The van der Waals surface area contributed by atoms with Crippen LogP contribution in [-0.4, -0.2) is 13.0 Å². The highest BCUT2D eigenvalue weighted by molar-refractivity contribution is 5.75. The SMILES string of the molecule is CC=CC=CCCCCC(=O)NC. The minimum absolute atomic E-state index is 0.137. The van der Waals surface area contributed by atoms with E-state index in [1.165, 1.54) is 0 Å². The minimum Gasteiger partial charge on any atom is -0.359 e. The zero-order valence-electron chi connectivity index (χ0n) is 8.55. The fourth-order valence-corrected chi connectivity index (χ4v) is 0.959. The van der Waals surface area contributed by atoms with Crippen LogP contribution in [0.3, 0.4) is 0 Å². The van der Waals surface area contributed by atoms with Gasteiger partial charge >= 0.3 is 0 Å². The molecule has 0 rings (SSSR count). The molecule has 0 radical (unpaired) electrons. The van der Waals surface area contributed by atoms with Gasteiger partial charge in [-0.2, -0.15) is 0 Å². The maximum Gasteiger partial charge on any atom is 0.219 e. The lowest BCUT2D eigenvalue weighted by Gasteiger charge is -1.96. The van der Waals surface area contributed by atoms with Gasteiger partial charge in [0.1, 0.15) is 0 Å². The maximum absolute atomic E-state index is 10.8. The molecule has 0 aromatic rings. The Morgan fingerprint density at radius 3 is 2.69 bits per heavy atom. The Labute approximate surface area is 80.7 Å². The number of hydrogen-bond donors (Lipinski definition) is 1. The monoisotopic (exact) mass is 181 g/mol. The summed E-state index contributed by atoms with van der Waals surface area (Å²) in [7, 11) is 1.67. The smallest absolute Gasteiger partial charge is 0.219 e. The summed E-state index contributed by atoms with van der Waals surface area (Å²) in [5.41, 5.74) is 0. The Morgan fingerprint density at radius 2 is 2.08 bits per heavy atom. The van der Waals surface area contributed by atoms with E-state index in [1.54, 1.807) is 7.05 Å². The van der Waals surface area contributed by atoms with E-state index in [4.69, 9.17) is 0 Å². The molecule has 0 fully saturated rings.